The van der Waals surface area contributed by atoms with Crippen LogP contribution in [-0.2, 0) is 9.59 Å². The van der Waals surface area contributed by atoms with E-state index in [1.807, 2.05) is 0 Å². The monoisotopic (exact) mass is 356 g/mol. The fourth-order valence-corrected chi connectivity index (χ4v) is 1.42. The molecule has 0 aromatic rings. The summed E-state index contributed by atoms with van der Waals surface area (Å²) in [5.41, 5.74) is 2.37. The molecule has 0 aromatic heterocycles. The van der Waals surface area contributed by atoms with Crippen LogP contribution in [0.2, 0.25) is 0 Å². The van der Waals surface area contributed by atoms with Gasteiger partial charge in [-0.05, 0) is 24.3 Å². The molecule has 0 aliphatic carbocycles. The molecule has 0 bridgehead atoms. The first kappa shape index (κ1) is 22.2. The van der Waals surface area contributed by atoms with Gasteiger partial charge in [-0.1, -0.05) is 32.4 Å². The molecule has 0 spiro atoms. The van der Waals surface area contributed by atoms with Crippen molar-refractivity contribution >= 4 is 17.4 Å². The van der Waals surface area contributed by atoms with Crippen molar-refractivity contribution < 1.29 is 14.5 Å². The first-order valence-corrected chi connectivity index (χ1v) is 7.23. The molecular formula is C18H20N4O4. The third-order valence-electron chi connectivity index (χ3n) is 2.69. The van der Waals surface area contributed by atoms with Crippen molar-refractivity contribution in [3.05, 3.63) is 96.1 Å². The smallest absolute Gasteiger partial charge is 0.279 e. The van der Waals surface area contributed by atoms with Crippen LogP contribution < -0.4 is 10.7 Å². The van der Waals surface area contributed by atoms with Gasteiger partial charge in [0.25, 0.3) is 11.6 Å². The van der Waals surface area contributed by atoms with Gasteiger partial charge in [0.15, 0.2) is 11.5 Å². The predicted octanol–water partition coefficient (Wildman–Crippen LogP) is 2.31. The molecule has 0 aliphatic heterocycles. The van der Waals surface area contributed by atoms with Gasteiger partial charge in [0, 0.05) is 24.8 Å². The molecule has 136 valence electrons. The van der Waals surface area contributed by atoms with Crippen LogP contribution in [0.15, 0.2) is 91.0 Å². The second kappa shape index (κ2) is 11.7. The Morgan fingerprint density at radius 3 is 2.04 bits per heavy atom. The van der Waals surface area contributed by atoms with Crippen molar-refractivity contribution in [1.29, 1.82) is 0 Å². The summed E-state index contributed by atoms with van der Waals surface area (Å²) in [4.78, 5) is 33.9. The number of carbonyl (C=O) groups excluding carboxylic acids is 2. The highest BCUT2D eigenvalue weighted by molar-refractivity contribution is 6.65. The Kier molecular flexibility index (Phi) is 9.97. The zero-order valence-corrected chi connectivity index (χ0v) is 14.4. The van der Waals surface area contributed by atoms with Gasteiger partial charge in [-0.3, -0.25) is 25.1 Å². The fraction of sp³-hybridized carbons (Fsp3) is 0.0556. The van der Waals surface area contributed by atoms with Gasteiger partial charge in [-0.15, -0.1) is 0 Å². The van der Waals surface area contributed by atoms with Crippen molar-refractivity contribution in [3.63, 3.8) is 0 Å². The Balaban J connectivity index is 5.53. The lowest BCUT2D eigenvalue weighted by Gasteiger charge is -2.07. The minimum atomic E-state index is -0.756. The van der Waals surface area contributed by atoms with Gasteiger partial charge in [-0.2, -0.15) is 5.10 Å². The van der Waals surface area contributed by atoms with E-state index >= 15 is 0 Å². The van der Waals surface area contributed by atoms with Crippen molar-refractivity contribution in [2.24, 2.45) is 5.10 Å². The third-order valence-corrected chi connectivity index (χ3v) is 2.69. The van der Waals surface area contributed by atoms with Gasteiger partial charge >= 0.3 is 0 Å². The number of nitro groups is 1. The molecule has 0 saturated carbocycles. The Labute approximate surface area is 151 Å². The van der Waals surface area contributed by atoms with Crippen LogP contribution in [0.4, 0.5) is 0 Å². The Hall–Kier alpha value is -3.81. The van der Waals surface area contributed by atoms with E-state index in [0.717, 1.165) is 6.08 Å². The van der Waals surface area contributed by atoms with Crippen LogP contribution in [0.5, 0.6) is 0 Å². The van der Waals surface area contributed by atoms with Crippen LogP contribution in [-0.4, -0.2) is 22.3 Å². The van der Waals surface area contributed by atoms with Gasteiger partial charge in [-0.25, -0.2) is 0 Å². The zero-order valence-electron chi connectivity index (χ0n) is 14.4. The number of Topliss-reactive ketones (excluding diaryl/α,β-unsaturated/α-hetero) is 1. The third kappa shape index (κ3) is 7.64. The van der Waals surface area contributed by atoms with E-state index in [4.69, 9.17) is 0 Å². The van der Waals surface area contributed by atoms with Crippen LogP contribution in [0, 0.1) is 10.1 Å². The lowest BCUT2D eigenvalue weighted by atomic mass is 10.2. The molecule has 0 unspecified atom stereocenters. The predicted molar refractivity (Wildman–Crippen MR) is 101 cm³/mol. The van der Waals surface area contributed by atoms with Crippen molar-refractivity contribution in [3.8, 4) is 0 Å². The number of nitrogens with zero attached hydrogens (tertiary/aromatic N) is 2. The molecule has 0 aliphatic rings. The summed E-state index contributed by atoms with van der Waals surface area (Å²) in [6.45, 7) is 15.0. The largest absolute Gasteiger partial charge is 0.321 e. The van der Waals surface area contributed by atoms with E-state index in [0.29, 0.717) is 5.70 Å². The molecule has 2 N–H and O–H groups in total. The molecule has 26 heavy (non-hydrogen) atoms. The van der Waals surface area contributed by atoms with Crippen LogP contribution in [0.25, 0.3) is 0 Å². The molecule has 0 atom stereocenters. The number of carbonyl (C=O) groups is 2. The number of hydrazone groups is 1. The normalized spacial score (nSPS) is 12.7. The molecule has 0 aromatic carbocycles. The second-order valence-corrected chi connectivity index (χ2v) is 4.52. The van der Waals surface area contributed by atoms with Crippen molar-refractivity contribution in [1.82, 2.24) is 10.7 Å². The lowest BCUT2D eigenvalue weighted by Crippen LogP contribution is -2.35. The summed E-state index contributed by atoms with van der Waals surface area (Å²) in [6.07, 6.45) is 9.16. The molecule has 0 radical (unpaired) electrons. The van der Waals surface area contributed by atoms with Gasteiger partial charge in [0.1, 0.15) is 0 Å². The SMILES string of the molecule is C=C/C=C(\C=C)NC(=O)/C(=N\N/C(C=C)=C/C=C(\C=C)[N+](=O)[O-])C(C)=O. The minimum absolute atomic E-state index is 0.225. The summed E-state index contributed by atoms with van der Waals surface area (Å²) in [5.74, 6) is -1.35. The molecule has 0 fully saturated rings. The van der Waals surface area contributed by atoms with Gasteiger partial charge in [0.2, 0.25) is 0 Å². The fourth-order valence-electron chi connectivity index (χ4n) is 1.42. The highest BCUT2D eigenvalue weighted by Gasteiger charge is 2.17. The van der Waals surface area contributed by atoms with Crippen molar-refractivity contribution in [2.45, 2.75) is 6.92 Å². The Morgan fingerprint density at radius 1 is 1.00 bits per heavy atom. The number of hydrogen-bond donors (Lipinski definition) is 2. The first-order chi connectivity index (χ1) is 12.3. The summed E-state index contributed by atoms with van der Waals surface area (Å²) >= 11 is 0. The number of ketones is 1. The topological polar surface area (TPSA) is 114 Å². The maximum atomic E-state index is 12.1. The van der Waals surface area contributed by atoms with Gasteiger partial charge < -0.3 is 5.32 Å². The Morgan fingerprint density at radius 2 is 1.62 bits per heavy atom. The highest BCUT2D eigenvalue weighted by atomic mass is 16.6. The average Bonchev–Trinajstić information content (AvgIpc) is 2.59. The number of nitrogens with one attached hydrogen (secondary N) is 2. The highest BCUT2D eigenvalue weighted by Crippen LogP contribution is 2.00. The van der Waals surface area contributed by atoms with Crippen LogP contribution in [0.3, 0.4) is 0 Å². The minimum Gasteiger partial charge on any atom is -0.321 e. The zero-order chi connectivity index (χ0) is 20.1. The van der Waals surface area contributed by atoms with E-state index in [1.54, 1.807) is 0 Å². The summed E-state index contributed by atoms with van der Waals surface area (Å²) in [6, 6.07) is 0. The maximum absolute atomic E-state index is 12.1. The second-order valence-electron chi connectivity index (χ2n) is 4.52. The molecule has 0 heterocycles. The van der Waals surface area contributed by atoms with E-state index < -0.39 is 22.3 Å². The number of hydrogen-bond acceptors (Lipinski definition) is 6. The summed E-state index contributed by atoms with van der Waals surface area (Å²) in [7, 11) is 0. The van der Waals surface area contributed by atoms with Gasteiger partial charge in [0.05, 0.1) is 10.6 Å². The van der Waals surface area contributed by atoms with Crippen molar-refractivity contribution in [2.75, 3.05) is 0 Å². The molecule has 8 heteroatoms. The molecule has 8 nitrogen and oxygen atoms in total. The number of rotatable bonds is 11. The van der Waals surface area contributed by atoms with E-state index in [9.17, 15) is 19.7 Å². The van der Waals surface area contributed by atoms with E-state index in [2.05, 4.69) is 42.2 Å². The summed E-state index contributed by atoms with van der Waals surface area (Å²) in [5, 5.41) is 16.9. The molecule has 1 amide bonds. The maximum Gasteiger partial charge on any atom is 0.279 e. The lowest BCUT2D eigenvalue weighted by molar-refractivity contribution is -0.418. The number of allylic oxidation sites excluding steroid dienone is 7. The number of amides is 1. The van der Waals surface area contributed by atoms with Crippen LogP contribution in [0.1, 0.15) is 6.92 Å². The summed E-state index contributed by atoms with van der Waals surface area (Å²) < 4.78 is 0. The Bertz CT molecular complexity index is 755. The van der Waals surface area contributed by atoms with E-state index in [1.165, 1.54) is 43.4 Å². The standard InChI is InChI=1S/C18H20N4O4/c1-6-10-14(7-2)19-18(24)17(13(5)23)21-20-15(8-3)11-12-16(9-4)22(25)26/h6-12,20H,1-4H2,5H3,(H,19,24)/b14-10+,15-11+,16-12+,21-17-. The molecule has 0 rings (SSSR count). The van der Waals surface area contributed by atoms with E-state index in [-0.39, 0.29) is 11.4 Å². The molecular weight excluding hydrogens is 336 g/mol. The first-order valence-electron chi connectivity index (χ1n) is 7.23. The quantitative estimate of drug-likeness (QED) is 0.194. The average molecular weight is 356 g/mol. The molecule has 0 saturated heterocycles. The van der Waals surface area contributed by atoms with Crippen LogP contribution >= 0.6 is 0 Å².